The summed E-state index contributed by atoms with van der Waals surface area (Å²) >= 11 is 0. The summed E-state index contributed by atoms with van der Waals surface area (Å²) in [5.41, 5.74) is 3.54. The lowest BCUT2D eigenvalue weighted by Crippen LogP contribution is -2.50. The number of benzene rings is 2. The van der Waals surface area contributed by atoms with Crippen LogP contribution < -0.4 is 0 Å². The monoisotopic (exact) mass is 372 g/mol. The molecule has 1 amide bonds. The Balaban J connectivity index is 1.65. The third kappa shape index (κ3) is 3.97. The van der Waals surface area contributed by atoms with E-state index in [1.165, 1.54) is 4.31 Å². The second-order valence-corrected chi connectivity index (χ2v) is 8.65. The van der Waals surface area contributed by atoms with Gasteiger partial charge in [0.1, 0.15) is 0 Å². The van der Waals surface area contributed by atoms with Gasteiger partial charge in [-0.15, -0.1) is 0 Å². The summed E-state index contributed by atoms with van der Waals surface area (Å²) in [4.78, 5) is 14.5. The molecular weight excluding hydrogens is 348 g/mol. The molecule has 0 aliphatic carbocycles. The van der Waals surface area contributed by atoms with Gasteiger partial charge >= 0.3 is 0 Å². The average molecular weight is 372 g/mol. The summed E-state index contributed by atoms with van der Waals surface area (Å²) in [5, 5.41) is 0. The summed E-state index contributed by atoms with van der Waals surface area (Å²) in [6.45, 7) is 5.45. The maximum atomic E-state index is 12.8. The minimum atomic E-state index is -3.37. The van der Waals surface area contributed by atoms with Gasteiger partial charge < -0.3 is 4.90 Å². The van der Waals surface area contributed by atoms with Crippen LogP contribution in [0.1, 0.15) is 27.0 Å². The quantitative estimate of drug-likeness (QED) is 0.829. The predicted molar refractivity (Wildman–Crippen MR) is 102 cm³/mol. The van der Waals surface area contributed by atoms with Crippen molar-refractivity contribution in [3.8, 4) is 0 Å². The molecule has 0 atom stereocenters. The molecule has 2 aromatic carbocycles. The molecule has 1 aliphatic rings. The van der Waals surface area contributed by atoms with Crippen molar-refractivity contribution >= 4 is 15.9 Å². The highest BCUT2D eigenvalue weighted by atomic mass is 32.2. The molecule has 26 heavy (non-hydrogen) atoms. The van der Waals surface area contributed by atoms with Crippen molar-refractivity contribution in [2.75, 3.05) is 26.2 Å². The number of nitrogens with zero attached hydrogens (tertiary/aromatic N) is 2. The van der Waals surface area contributed by atoms with Crippen molar-refractivity contribution in [3.05, 3.63) is 70.8 Å². The molecular formula is C20H24N2O3S. The number of rotatable bonds is 4. The van der Waals surface area contributed by atoms with E-state index < -0.39 is 10.0 Å². The third-order valence-electron chi connectivity index (χ3n) is 4.95. The predicted octanol–water partition coefficient (Wildman–Crippen LogP) is 2.59. The molecule has 0 radical (unpaired) electrons. The molecule has 5 nitrogen and oxygen atoms in total. The molecule has 1 saturated heterocycles. The summed E-state index contributed by atoms with van der Waals surface area (Å²) in [7, 11) is -3.37. The lowest BCUT2D eigenvalue weighted by atomic mass is 10.0. The van der Waals surface area contributed by atoms with Gasteiger partial charge in [-0.1, -0.05) is 42.5 Å². The van der Waals surface area contributed by atoms with E-state index in [1.54, 1.807) is 4.90 Å². The van der Waals surface area contributed by atoms with Crippen molar-refractivity contribution in [1.29, 1.82) is 0 Å². The fraction of sp³-hybridized carbons (Fsp3) is 0.350. The van der Waals surface area contributed by atoms with E-state index in [9.17, 15) is 13.2 Å². The molecule has 0 saturated carbocycles. The van der Waals surface area contributed by atoms with Gasteiger partial charge in [-0.25, -0.2) is 8.42 Å². The normalized spacial score (nSPS) is 15.8. The van der Waals surface area contributed by atoms with Gasteiger partial charge in [0.05, 0.1) is 5.75 Å². The number of hydrogen-bond acceptors (Lipinski definition) is 3. The van der Waals surface area contributed by atoms with Crippen LogP contribution in [0.2, 0.25) is 0 Å². The smallest absolute Gasteiger partial charge is 0.254 e. The number of sulfonamides is 1. The minimum absolute atomic E-state index is 0.00122. The molecule has 2 aromatic rings. The van der Waals surface area contributed by atoms with E-state index in [2.05, 4.69) is 0 Å². The minimum Gasteiger partial charge on any atom is -0.336 e. The first-order valence-electron chi connectivity index (χ1n) is 8.76. The van der Waals surface area contributed by atoms with Crippen LogP contribution in [0.25, 0.3) is 0 Å². The van der Waals surface area contributed by atoms with Crippen LogP contribution in [0.15, 0.2) is 48.5 Å². The first kappa shape index (κ1) is 18.6. The van der Waals surface area contributed by atoms with Gasteiger partial charge in [-0.2, -0.15) is 4.31 Å². The van der Waals surface area contributed by atoms with Gasteiger partial charge in [0.15, 0.2) is 0 Å². The molecule has 1 aliphatic heterocycles. The standard InChI is InChI=1S/C20H24N2O3S/c1-16-7-6-10-19(17(16)2)20(23)21-11-13-22(14-12-21)26(24,25)15-18-8-4-3-5-9-18/h3-10H,11-15H2,1-2H3. The Hall–Kier alpha value is -2.18. The van der Waals surface area contributed by atoms with Gasteiger partial charge in [0.25, 0.3) is 5.91 Å². The van der Waals surface area contributed by atoms with E-state index in [1.807, 2.05) is 62.4 Å². The summed E-state index contributed by atoms with van der Waals surface area (Å²) in [5.74, 6) is -0.0232. The number of carbonyl (C=O) groups excluding carboxylic acids is 1. The van der Waals surface area contributed by atoms with Gasteiger partial charge in [0, 0.05) is 31.7 Å². The number of hydrogen-bond donors (Lipinski definition) is 0. The fourth-order valence-corrected chi connectivity index (χ4v) is 4.71. The molecule has 6 heteroatoms. The van der Waals surface area contributed by atoms with Crippen LogP contribution in [-0.2, 0) is 15.8 Å². The fourth-order valence-electron chi connectivity index (χ4n) is 3.20. The Morgan fingerprint density at radius 3 is 2.23 bits per heavy atom. The number of aryl methyl sites for hydroxylation is 1. The largest absolute Gasteiger partial charge is 0.336 e. The van der Waals surface area contributed by atoms with Crippen molar-refractivity contribution in [1.82, 2.24) is 9.21 Å². The van der Waals surface area contributed by atoms with Crippen molar-refractivity contribution in [2.24, 2.45) is 0 Å². The molecule has 138 valence electrons. The first-order chi connectivity index (χ1) is 12.4. The topological polar surface area (TPSA) is 57.7 Å². The molecule has 1 heterocycles. The van der Waals surface area contributed by atoms with E-state index in [0.29, 0.717) is 31.7 Å². The van der Waals surface area contributed by atoms with Crippen LogP contribution in [-0.4, -0.2) is 49.7 Å². The van der Waals surface area contributed by atoms with Gasteiger partial charge in [-0.05, 0) is 36.6 Å². The van der Waals surface area contributed by atoms with Crippen LogP contribution >= 0.6 is 0 Å². The highest BCUT2D eigenvalue weighted by molar-refractivity contribution is 7.88. The van der Waals surface area contributed by atoms with Crippen LogP contribution in [0, 0.1) is 13.8 Å². The van der Waals surface area contributed by atoms with E-state index in [4.69, 9.17) is 0 Å². The van der Waals surface area contributed by atoms with Gasteiger partial charge in [0.2, 0.25) is 10.0 Å². The lowest BCUT2D eigenvalue weighted by molar-refractivity contribution is 0.0697. The molecule has 0 aromatic heterocycles. The molecule has 3 rings (SSSR count). The number of carbonyl (C=O) groups is 1. The van der Waals surface area contributed by atoms with Crippen LogP contribution in [0.3, 0.4) is 0 Å². The lowest BCUT2D eigenvalue weighted by Gasteiger charge is -2.34. The van der Waals surface area contributed by atoms with E-state index in [-0.39, 0.29) is 11.7 Å². The van der Waals surface area contributed by atoms with Crippen molar-refractivity contribution in [2.45, 2.75) is 19.6 Å². The van der Waals surface area contributed by atoms with E-state index in [0.717, 1.165) is 16.7 Å². The van der Waals surface area contributed by atoms with E-state index >= 15 is 0 Å². The van der Waals surface area contributed by atoms with Crippen molar-refractivity contribution < 1.29 is 13.2 Å². The maximum Gasteiger partial charge on any atom is 0.254 e. The molecule has 0 spiro atoms. The summed E-state index contributed by atoms with van der Waals surface area (Å²) in [6.07, 6.45) is 0. The molecule has 0 N–H and O–H groups in total. The zero-order valence-electron chi connectivity index (χ0n) is 15.2. The Morgan fingerprint density at radius 2 is 1.58 bits per heavy atom. The summed E-state index contributed by atoms with van der Waals surface area (Å²) < 4.78 is 26.7. The molecule has 1 fully saturated rings. The van der Waals surface area contributed by atoms with Crippen molar-refractivity contribution in [3.63, 3.8) is 0 Å². The Morgan fingerprint density at radius 1 is 0.923 bits per heavy atom. The van der Waals surface area contributed by atoms with Gasteiger partial charge in [-0.3, -0.25) is 4.79 Å². The van der Waals surface area contributed by atoms with Crippen LogP contribution in [0.5, 0.6) is 0 Å². The summed E-state index contributed by atoms with van der Waals surface area (Å²) in [6, 6.07) is 14.9. The van der Waals surface area contributed by atoms with Crippen LogP contribution in [0.4, 0.5) is 0 Å². The zero-order valence-corrected chi connectivity index (χ0v) is 16.0. The number of piperazine rings is 1. The Kier molecular flexibility index (Phi) is 5.44. The Labute approximate surface area is 155 Å². The maximum absolute atomic E-state index is 12.8. The number of amides is 1. The Bertz CT molecular complexity index is 887. The zero-order chi connectivity index (χ0) is 18.7. The highest BCUT2D eigenvalue weighted by Crippen LogP contribution is 2.18. The second-order valence-electron chi connectivity index (χ2n) is 6.68. The highest BCUT2D eigenvalue weighted by Gasteiger charge is 2.29. The molecule has 0 bridgehead atoms. The second kappa shape index (κ2) is 7.60. The SMILES string of the molecule is Cc1cccc(C(=O)N2CCN(S(=O)(=O)Cc3ccccc3)CC2)c1C. The average Bonchev–Trinajstić information content (AvgIpc) is 2.64. The molecule has 0 unspecified atom stereocenters. The first-order valence-corrected chi connectivity index (χ1v) is 10.4. The third-order valence-corrected chi connectivity index (χ3v) is 6.80.